The number of phenolic OH excluding ortho intramolecular Hbond substituents is 1. The Bertz CT molecular complexity index is 376. The Morgan fingerprint density at radius 1 is 1.44 bits per heavy atom. The van der Waals surface area contributed by atoms with Gasteiger partial charge >= 0.3 is 5.97 Å². The molecule has 0 aromatic heterocycles. The van der Waals surface area contributed by atoms with E-state index >= 15 is 0 Å². The Morgan fingerprint density at radius 3 is 2.62 bits per heavy atom. The van der Waals surface area contributed by atoms with Gasteiger partial charge in [-0.15, -0.1) is 0 Å². The van der Waals surface area contributed by atoms with Crippen molar-refractivity contribution in [2.24, 2.45) is 0 Å². The summed E-state index contributed by atoms with van der Waals surface area (Å²) >= 11 is 0. The third kappa shape index (κ3) is 3.22. The molecule has 1 rings (SSSR count). The van der Waals surface area contributed by atoms with Gasteiger partial charge in [-0.1, -0.05) is 18.2 Å². The lowest BCUT2D eigenvalue weighted by Gasteiger charge is -2.18. The molecule has 5 heteroatoms. The zero-order valence-electron chi connectivity index (χ0n) is 8.97. The maximum absolute atomic E-state index is 10.6. The number of carboxylic acids is 1. The zero-order valence-corrected chi connectivity index (χ0v) is 8.97. The third-order valence-electron chi connectivity index (χ3n) is 2.24. The molecule has 1 unspecified atom stereocenters. The number of hydrogen-bond donors (Lipinski definition) is 4. The summed E-state index contributed by atoms with van der Waals surface area (Å²) in [6, 6.07) is 6.74. The fourth-order valence-electron chi connectivity index (χ4n) is 1.18. The Balaban J connectivity index is 2.48. The predicted octanol–water partition coefficient (Wildman–Crippen LogP) is 0.317. The molecule has 0 radical (unpaired) electrons. The highest BCUT2D eigenvalue weighted by atomic mass is 16.4. The first-order chi connectivity index (χ1) is 7.43. The summed E-state index contributed by atoms with van der Waals surface area (Å²) in [6.07, 6.45) is 0. The van der Waals surface area contributed by atoms with E-state index in [2.05, 4.69) is 5.32 Å². The van der Waals surface area contributed by atoms with Gasteiger partial charge in [0.2, 0.25) is 0 Å². The van der Waals surface area contributed by atoms with Gasteiger partial charge in [0.1, 0.15) is 5.75 Å². The van der Waals surface area contributed by atoms with Crippen LogP contribution >= 0.6 is 0 Å². The standard InChI is InChI=1S/C11H15NO4/c1-11(16,10(14)15)7-12-6-8-4-2-3-5-9(8)13/h2-5,12-13,16H,6-7H2,1H3,(H,14,15). The van der Waals surface area contributed by atoms with Crippen molar-refractivity contribution < 1.29 is 20.1 Å². The summed E-state index contributed by atoms with van der Waals surface area (Å²) in [5.74, 6) is -1.14. The van der Waals surface area contributed by atoms with Crippen molar-refractivity contribution in [1.29, 1.82) is 0 Å². The molecular formula is C11H15NO4. The van der Waals surface area contributed by atoms with Gasteiger partial charge in [0.05, 0.1) is 0 Å². The van der Waals surface area contributed by atoms with Crippen molar-refractivity contribution in [3.63, 3.8) is 0 Å². The van der Waals surface area contributed by atoms with Crippen molar-refractivity contribution in [1.82, 2.24) is 5.32 Å². The van der Waals surface area contributed by atoms with E-state index < -0.39 is 11.6 Å². The van der Waals surface area contributed by atoms with Gasteiger partial charge in [-0.2, -0.15) is 0 Å². The molecule has 0 amide bonds. The van der Waals surface area contributed by atoms with Crippen LogP contribution in [0.5, 0.6) is 5.75 Å². The van der Waals surface area contributed by atoms with Crippen LogP contribution in [0.15, 0.2) is 24.3 Å². The second kappa shape index (κ2) is 4.96. The first kappa shape index (κ1) is 12.5. The van der Waals surface area contributed by atoms with Crippen LogP contribution in [0, 0.1) is 0 Å². The number of aliphatic hydroxyl groups is 1. The number of aliphatic carboxylic acids is 1. The van der Waals surface area contributed by atoms with Crippen molar-refractivity contribution in [2.75, 3.05) is 6.54 Å². The second-order valence-electron chi connectivity index (χ2n) is 3.81. The van der Waals surface area contributed by atoms with Crippen LogP contribution in [0.2, 0.25) is 0 Å². The van der Waals surface area contributed by atoms with E-state index in [1.807, 2.05) is 0 Å². The molecule has 1 aromatic carbocycles. The van der Waals surface area contributed by atoms with Gasteiger partial charge in [0, 0.05) is 18.7 Å². The van der Waals surface area contributed by atoms with Crippen LogP contribution in [-0.4, -0.2) is 33.4 Å². The normalized spacial score (nSPS) is 14.4. The lowest BCUT2D eigenvalue weighted by molar-refractivity contribution is -0.156. The second-order valence-corrected chi connectivity index (χ2v) is 3.81. The molecular weight excluding hydrogens is 210 g/mol. The minimum Gasteiger partial charge on any atom is -0.508 e. The molecule has 5 nitrogen and oxygen atoms in total. The van der Waals surface area contributed by atoms with Gasteiger partial charge in [0.25, 0.3) is 0 Å². The highest BCUT2D eigenvalue weighted by Gasteiger charge is 2.29. The zero-order chi connectivity index (χ0) is 12.2. The fourth-order valence-corrected chi connectivity index (χ4v) is 1.18. The van der Waals surface area contributed by atoms with Crippen molar-refractivity contribution in [3.05, 3.63) is 29.8 Å². The predicted molar refractivity (Wildman–Crippen MR) is 58.1 cm³/mol. The Morgan fingerprint density at radius 2 is 2.06 bits per heavy atom. The number of hydrogen-bond acceptors (Lipinski definition) is 4. The lowest BCUT2D eigenvalue weighted by atomic mass is 10.1. The average molecular weight is 225 g/mol. The van der Waals surface area contributed by atoms with E-state index in [1.165, 1.54) is 6.92 Å². The van der Waals surface area contributed by atoms with Crippen LogP contribution in [0.25, 0.3) is 0 Å². The monoisotopic (exact) mass is 225 g/mol. The van der Waals surface area contributed by atoms with E-state index in [1.54, 1.807) is 24.3 Å². The van der Waals surface area contributed by atoms with Crippen LogP contribution < -0.4 is 5.32 Å². The molecule has 16 heavy (non-hydrogen) atoms. The van der Waals surface area contributed by atoms with Crippen molar-refractivity contribution in [2.45, 2.75) is 19.1 Å². The van der Waals surface area contributed by atoms with Gasteiger partial charge in [-0.25, -0.2) is 4.79 Å². The highest BCUT2D eigenvalue weighted by Crippen LogP contribution is 2.15. The number of carbonyl (C=O) groups is 1. The molecule has 0 bridgehead atoms. The van der Waals surface area contributed by atoms with E-state index in [4.69, 9.17) is 5.11 Å². The molecule has 88 valence electrons. The minimum absolute atomic E-state index is 0.0866. The first-order valence-corrected chi connectivity index (χ1v) is 4.87. The molecule has 0 heterocycles. The SMILES string of the molecule is CC(O)(CNCc1ccccc1O)C(=O)O. The molecule has 0 aliphatic rings. The van der Waals surface area contributed by atoms with Crippen LogP contribution in [0.3, 0.4) is 0 Å². The first-order valence-electron chi connectivity index (χ1n) is 4.87. The maximum Gasteiger partial charge on any atom is 0.336 e. The molecule has 0 fully saturated rings. The summed E-state index contributed by atoms with van der Waals surface area (Å²) in [7, 11) is 0. The summed E-state index contributed by atoms with van der Waals surface area (Å²) < 4.78 is 0. The maximum atomic E-state index is 10.6. The largest absolute Gasteiger partial charge is 0.508 e. The van der Waals surface area contributed by atoms with E-state index in [0.717, 1.165) is 0 Å². The number of carboxylic acid groups (broad SMARTS) is 1. The Labute approximate surface area is 93.4 Å². The van der Waals surface area contributed by atoms with Gasteiger partial charge in [-0.05, 0) is 13.0 Å². The number of aromatic hydroxyl groups is 1. The summed E-state index contributed by atoms with van der Waals surface area (Å²) in [5.41, 5.74) is -1.14. The summed E-state index contributed by atoms with van der Waals surface area (Å²) in [5, 5.41) is 30.3. The smallest absolute Gasteiger partial charge is 0.336 e. The third-order valence-corrected chi connectivity index (χ3v) is 2.24. The average Bonchev–Trinajstić information content (AvgIpc) is 2.20. The van der Waals surface area contributed by atoms with E-state index in [0.29, 0.717) is 12.1 Å². The molecule has 0 saturated carbocycles. The van der Waals surface area contributed by atoms with E-state index in [9.17, 15) is 15.0 Å². The number of para-hydroxylation sites is 1. The van der Waals surface area contributed by atoms with Gasteiger partial charge in [0.15, 0.2) is 5.60 Å². The highest BCUT2D eigenvalue weighted by molar-refractivity contribution is 5.76. The summed E-state index contributed by atoms with van der Waals surface area (Å²) in [6.45, 7) is 1.43. The minimum atomic E-state index is -1.80. The van der Waals surface area contributed by atoms with Crippen LogP contribution in [0.4, 0.5) is 0 Å². The number of phenols is 1. The number of benzene rings is 1. The Kier molecular flexibility index (Phi) is 3.87. The molecule has 0 aliphatic heterocycles. The van der Waals surface area contributed by atoms with Gasteiger partial charge < -0.3 is 20.6 Å². The molecule has 4 N–H and O–H groups in total. The molecule has 0 saturated heterocycles. The molecule has 1 aromatic rings. The molecule has 1 atom stereocenters. The lowest BCUT2D eigenvalue weighted by Crippen LogP contribution is -2.44. The van der Waals surface area contributed by atoms with Crippen molar-refractivity contribution in [3.8, 4) is 5.75 Å². The Hall–Kier alpha value is -1.59. The number of nitrogens with one attached hydrogen (secondary N) is 1. The molecule has 0 aliphatic carbocycles. The van der Waals surface area contributed by atoms with E-state index in [-0.39, 0.29) is 12.3 Å². The fraction of sp³-hybridized carbons (Fsp3) is 0.364. The van der Waals surface area contributed by atoms with Crippen LogP contribution in [0.1, 0.15) is 12.5 Å². The molecule has 0 spiro atoms. The summed E-state index contributed by atoms with van der Waals surface area (Å²) in [4.78, 5) is 10.6. The number of rotatable bonds is 5. The van der Waals surface area contributed by atoms with Gasteiger partial charge in [-0.3, -0.25) is 0 Å². The topological polar surface area (TPSA) is 89.8 Å². The quantitative estimate of drug-likeness (QED) is 0.579. The van der Waals surface area contributed by atoms with Crippen molar-refractivity contribution >= 4 is 5.97 Å². The van der Waals surface area contributed by atoms with Crippen LogP contribution in [-0.2, 0) is 11.3 Å².